The Labute approximate surface area is 120 Å². The van der Waals surface area contributed by atoms with Crippen molar-refractivity contribution in [1.82, 2.24) is 9.88 Å². The van der Waals surface area contributed by atoms with Gasteiger partial charge in [0.15, 0.2) is 0 Å². The van der Waals surface area contributed by atoms with Crippen molar-refractivity contribution in [3.8, 4) is 6.07 Å². The molecule has 2 aliphatic heterocycles. The highest BCUT2D eigenvalue weighted by Crippen LogP contribution is 2.44. The van der Waals surface area contributed by atoms with Gasteiger partial charge in [-0.3, -0.25) is 9.88 Å². The maximum atomic E-state index is 9.82. The third-order valence-electron chi connectivity index (χ3n) is 4.50. The average Bonchev–Trinajstić information content (AvgIpc) is 2.71. The topological polar surface area (TPSA) is 39.9 Å². The lowest BCUT2D eigenvalue weighted by Gasteiger charge is -2.43. The van der Waals surface area contributed by atoms with Crippen LogP contribution in [0.1, 0.15) is 24.0 Å². The molecule has 0 aromatic carbocycles. The molecule has 1 aromatic rings. The minimum Gasteiger partial charge on any atom is -0.287 e. The molecule has 0 amide bonds. The zero-order chi connectivity index (χ0) is 14.2. The number of hydrogen-bond donors (Lipinski definition) is 0. The van der Waals surface area contributed by atoms with Crippen LogP contribution in [-0.2, 0) is 5.41 Å². The largest absolute Gasteiger partial charge is 0.287 e. The molecule has 1 fully saturated rings. The Morgan fingerprint density at radius 3 is 2.70 bits per heavy atom. The summed E-state index contributed by atoms with van der Waals surface area (Å²) in [4.78, 5) is 6.70. The molecule has 0 saturated carbocycles. The fraction of sp³-hybridized carbons (Fsp3) is 0.412. The van der Waals surface area contributed by atoms with Crippen LogP contribution in [0.5, 0.6) is 0 Å². The lowest BCUT2D eigenvalue weighted by atomic mass is 9.71. The van der Waals surface area contributed by atoms with Crippen LogP contribution < -0.4 is 0 Å². The lowest BCUT2D eigenvalue weighted by Crippen LogP contribution is -2.49. The molecule has 0 N–H and O–H groups in total. The van der Waals surface area contributed by atoms with E-state index in [1.54, 1.807) is 0 Å². The molecule has 2 unspecified atom stereocenters. The number of piperidine rings is 1. The normalized spacial score (nSPS) is 32.0. The number of nitriles is 1. The van der Waals surface area contributed by atoms with Crippen LogP contribution >= 0.6 is 0 Å². The van der Waals surface area contributed by atoms with Gasteiger partial charge in [0.2, 0.25) is 0 Å². The van der Waals surface area contributed by atoms with Gasteiger partial charge in [-0.15, -0.1) is 6.58 Å². The molecule has 3 heteroatoms. The SMILES string of the molecule is C=CCN1C2C=CC1CC(C#N)(c1cncc(C)c1)C2. The molecule has 0 aliphatic carbocycles. The van der Waals surface area contributed by atoms with Crippen LogP contribution in [0.25, 0.3) is 0 Å². The van der Waals surface area contributed by atoms with E-state index in [9.17, 15) is 5.26 Å². The van der Waals surface area contributed by atoms with Gasteiger partial charge in [-0.25, -0.2) is 0 Å². The van der Waals surface area contributed by atoms with E-state index in [0.29, 0.717) is 12.1 Å². The summed E-state index contributed by atoms with van der Waals surface area (Å²) in [6.45, 7) is 6.75. The van der Waals surface area contributed by atoms with E-state index in [4.69, 9.17) is 0 Å². The summed E-state index contributed by atoms with van der Waals surface area (Å²) < 4.78 is 0. The zero-order valence-electron chi connectivity index (χ0n) is 11.8. The van der Waals surface area contributed by atoms with Crippen molar-refractivity contribution >= 4 is 0 Å². The zero-order valence-corrected chi connectivity index (χ0v) is 11.8. The average molecular weight is 265 g/mol. The van der Waals surface area contributed by atoms with Gasteiger partial charge in [0.1, 0.15) is 0 Å². The summed E-state index contributed by atoms with van der Waals surface area (Å²) >= 11 is 0. The van der Waals surface area contributed by atoms with Crippen LogP contribution in [-0.4, -0.2) is 28.5 Å². The first-order valence-electron chi connectivity index (χ1n) is 7.07. The Kier molecular flexibility index (Phi) is 3.19. The Morgan fingerprint density at radius 1 is 1.45 bits per heavy atom. The highest BCUT2D eigenvalue weighted by Gasteiger charge is 2.47. The minimum atomic E-state index is -0.407. The van der Waals surface area contributed by atoms with Crippen molar-refractivity contribution in [2.75, 3.05) is 6.54 Å². The highest BCUT2D eigenvalue weighted by atomic mass is 15.2. The second-order valence-corrected chi connectivity index (χ2v) is 5.86. The Morgan fingerprint density at radius 2 is 2.15 bits per heavy atom. The van der Waals surface area contributed by atoms with Gasteiger partial charge in [-0.1, -0.05) is 24.3 Å². The molecule has 20 heavy (non-hydrogen) atoms. The van der Waals surface area contributed by atoms with Gasteiger partial charge < -0.3 is 0 Å². The molecule has 3 heterocycles. The van der Waals surface area contributed by atoms with Crippen molar-refractivity contribution in [3.63, 3.8) is 0 Å². The van der Waals surface area contributed by atoms with Crippen molar-refractivity contribution in [2.45, 2.75) is 37.3 Å². The molecule has 3 rings (SSSR count). The van der Waals surface area contributed by atoms with Crippen molar-refractivity contribution in [1.29, 1.82) is 5.26 Å². The van der Waals surface area contributed by atoms with Crippen LogP contribution in [0.3, 0.4) is 0 Å². The quantitative estimate of drug-likeness (QED) is 0.789. The standard InChI is InChI=1S/C17H19N3/c1-3-6-20-15-4-5-16(20)9-17(8-15,12-18)14-7-13(2)10-19-11-14/h3-5,7,10-11,15-16H,1,6,8-9H2,2H3. The minimum absolute atomic E-state index is 0.340. The van der Waals surface area contributed by atoms with Gasteiger partial charge in [-0.05, 0) is 30.9 Å². The Bertz CT molecular complexity index is 580. The van der Waals surface area contributed by atoms with Crippen LogP contribution in [0.15, 0.2) is 43.3 Å². The lowest BCUT2D eigenvalue weighted by molar-refractivity contribution is 0.133. The number of aromatic nitrogens is 1. The first kappa shape index (κ1) is 13.1. The third-order valence-corrected chi connectivity index (χ3v) is 4.50. The molecule has 2 aliphatic rings. The number of hydrogen-bond acceptors (Lipinski definition) is 3. The summed E-state index contributed by atoms with van der Waals surface area (Å²) in [6, 6.07) is 5.38. The van der Waals surface area contributed by atoms with E-state index in [1.807, 2.05) is 25.4 Å². The molecule has 102 valence electrons. The monoisotopic (exact) mass is 265 g/mol. The fourth-order valence-corrected chi connectivity index (χ4v) is 3.52. The summed E-state index contributed by atoms with van der Waals surface area (Å²) in [7, 11) is 0. The van der Waals surface area contributed by atoms with Crippen molar-refractivity contribution < 1.29 is 0 Å². The Hall–Kier alpha value is -1.92. The van der Waals surface area contributed by atoms with Crippen LogP contribution in [0.2, 0.25) is 0 Å². The molecule has 0 spiro atoms. The molecular formula is C17H19N3. The van der Waals surface area contributed by atoms with Gasteiger partial charge in [0.25, 0.3) is 0 Å². The molecule has 1 aromatic heterocycles. The number of pyridine rings is 1. The predicted octanol–water partition coefficient (Wildman–Crippen LogP) is 2.74. The number of fused-ring (bicyclic) bond motifs is 2. The second-order valence-electron chi connectivity index (χ2n) is 5.86. The van der Waals surface area contributed by atoms with Crippen molar-refractivity contribution in [3.05, 3.63) is 54.4 Å². The molecule has 3 nitrogen and oxygen atoms in total. The highest BCUT2D eigenvalue weighted by molar-refractivity contribution is 5.37. The summed E-state index contributed by atoms with van der Waals surface area (Å²) in [5.41, 5.74) is 1.78. The molecule has 1 saturated heterocycles. The maximum absolute atomic E-state index is 9.82. The van der Waals surface area contributed by atoms with E-state index in [2.05, 4.69) is 40.8 Å². The molecule has 2 bridgehead atoms. The molecule has 0 radical (unpaired) electrons. The van der Waals surface area contributed by atoms with Crippen LogP contribution in [0.4, 0.5) is 0 Å². The van der Waals surface area contributed by atoms with Gasteiger partial charge >= 0.3 is 0 Å². The fourth-order valence-electron chi connectivity index (χ4n) is 3.52. The summed E-state index contributed by atoms with van der Waals surface area (Å²) in [5, 5.41) is 9.82. The first-order valence-corrected chi connectivity index (χ1v) is 7.07. The van der Waals surface area contributed by atoms with Gasteiger partial charge in [0, 0.05) is 31.0 Å². The number of nitrogens with zero attached hydrogens (tertiary/aromatic N) is 3. The smallest absolute Gasteiger partial charge is 0.0873 e. The maximum Gasteiger partial charge on any atom is 0.0873 e. The summed E-state index contributed by atoms with van der Waals surface area (Å²) in [5.74, 6) is 0. The predicted molar refractivity (Wildman–Crippen MR) is 79.1 cm³/mol. The van der Waals surface area contributed by atoms with E-state index in [1.165, 1.54) is 0 Å². The number of aryl methyl sites for hydroxylation is 1. The summed E-state index contributed by atoms with van der Waals surface area (Å²) in [6.07, 6.45) is 11.8. The van der Waals surface area contributed by atoms with E-state index in [0.717, 1.165) is 30.5 Å². The third kappa shape index (κ3) is 1.97. The van der Waals surface area contributed by atoms with E-state index >= 15 is 0 Å². The van der Waals surface area contributed by atoms with Crippen molar-refractivity contribution in [2.24, 2.45) is 0 Å². The molecule has 2 atom stereocenters. The van der Waals surface area contributed by atoms with E-state index < -0.39 is 5.41 Å². The Balaban J connectivity index is 1.94. The second kappa shape index (κ2) is 4.88. The van der Waals surface area contributed by atoms with Gasteiger partial charge in [0.05, 0.1) is 11.5 Å². The molecular weight excluding hydrogens is 246 g/mol. The first-order chi connectivity index (χ1) is 9.68. The van der Waals surface area contributed by atoms with Crippen LogP contribution in [0, 0.1) is 18.3 Å². The van der Waals surface area contributed by atoms with E-state index in [-0.39, 0.29) is 0 Å². The number of rotatable bonds is 3. The van der Waals surface area contributed by atoms with Gasteiger partial charge in [-0.2, -0.15) is 5.26 Å².